The van der Waals surface area contributed by atoms with Crippen LogP contribution in [0.5, 0.6) is 0 Å². The van der Waals surface area contributed by atoms with Gasteiger partial charge in [0.05, 0.1) is 11.7 Å². The smallest absolute Gasteiger partial charge is 0.143 e. The van der Waals surface area contributed by atoms with E-state index in [-0.39, 0.29) is 6.04 Å². The molecule has 21 heavy (non-hydrogen) atoms. The van der Waals surface area contributed by atoms with Gasteiger partial charge < -0.3 is 5.32 Å². The molecule has 0 aliphatic heterocycles. The van der Waals surface area contributed by atoms with Crippen molar-refractivity contribution >= 4 is 33.0 Å². The summed E-state index contributed by atoms with van der Waals surface area (Å²) in [7, 11) is 0. The van der Waals surface area contributed by atoms with Gasteiger partial charge in [0.25, 0.3) is 0 Å². The maximum atomic E-state index is 3.92. The first-order chi connectivity index (χ1) is 10.1. The quantitative estimate of drug-likeness (QED) is 0.761. The van der Waals surface area contributed by atoms with Crippen LogP contribution in [-0.4, -0.2) is 20.2 Å². The number of tetrazole rings is 1. The third kappa shape index (κ3) is 2.98. The van der Waals surface area contributed by atoms with Gasteiger partial charge in [0.15, 0.2) is 0 Å². The Morgan fingerprint density at radius 1 is 1.33 bits per heavy atom. The molecule has 108 valence electrons. The molecule has 2 heterocycles. The lowest BCUT2D eigenvalue weighted by atomic mass is 10.1. The van der Waals surface area contributed by atoms with E-state index in [2.05, 4.69) is 74.2 Å². The number of halogens is 1. The summed E-state index contributed by atoms with van der Waals surface area (Å²) < 4.78 is 2.79. The van der Waals surface area contributed by atoms with Crippen LogP contribution >= 0.6 is 27.3 Å². The van der Waals surface area contributed by atoms with Gasteiger partial charge in [0.2, 0.25) is 0 Å². The summed E-state index contributed by atoms with van der Waals surface area (Å²) in [5.41, 5.74) is 3.20. The van der Waals surface area contributed by atoms with Crippen LogP contribution in [0, 0.1) is 6.92 Å². The molecule has 0 saturated carbocycles. The van der Waals surface area contributed by atoms with Gasteiger partial charge >= 0.3 is 0 Å². The minimum absolute atomic E-state index is 0.224. The number of aromatic nitrogens is 4. The number of rotatable bonds is 4. The van der Waals surface area contributed by atoms with Crippen LogP contribution in [-0.2, 0) is 0 Å². The SMILES string of the molecule is Cc1ccc(-n2cnnn2)cc1NC(C)c1sccc1Br. The van der Waals surface area contributed by atoms with Crippen LogP contribution < -0.4 is 5.32 Å². The van der Waals surface area contributed by atoms with Gasteiger partial charge in [-0.2, -0.15) is 0 Å². The predicted octanol–water partition coefficient (Wildman–Crippen LogP) is 3.97. The van der Waals surface area contributed by atoms with Crippen molar-refractivity contribution in [3.05, 3.63) is 50.9 Å². The number of aryl methyl sites for hydroxylation is 1. The molecule has 5 nitrogen and oxygen atoms in total. The van der Waals surface area contributed by atoms with E-state index in [1.54, 1.807) is 22.3 Å². The van der Waals surface area contributed by atoms with Crippen LogP contribution in [0.1, 0.15) is 23.4 Å². The summed E-state index contributed by atoms with van der Waals surface area (Å²) in [6, 6.07) is 8.42. The molecule has 0 bridgehead atoms. The van der Waals surface area contributed by atoms with Crippen LogP contribution in [0.25, 0.3) is 5.69 Å². The second-order valence-electron chi connectivity index (χ2n) is 4.75. The summed E-state index contributed by atoms with van der Waals surface area (Å²) in [4.78, 5) is 1.28. The molecule has 1 atom stereocenters. The Morgan fingerprint density at radius 2 is 2.19 bits per heavy atom. The third-order valence-corrected chi connectivity index (χ3v) is 5.30. The molecular formula is C14H14BrN5S. The number of nitrogens with one attached hydrogen (secondary N) is 1. The molecule has 1 N–H and O–H groups in total. The number of benzene rings is 1. The summed E-state index contributed by atoms with van der Waals surface area (Å²) in [5, 5.41) is 16.9. The van der Waals surface area contributed by atoms with Gasteiger partial charge in [-0.3, -0.25) is 0 Å². The number of hydrogen-bond acceptors (Lipinski definition) is 5. The molecule has 0 aliphatic rings. The number of thiophene rings is 1. The number of hydrogen-bond donors (Lipinski definition) is 1. The molecule has 0 saturated heterocycles. The lowest BCUT2D eigenvalue weighted by molar-refractivity contribution is 0.788. The summed E-state index contributed by atoms with van der Waals surface area (Å²) in [5.74, 6) is 0. The van der Waals surface area contributed by atoms with E-state index < -0.39 is 0 Å². The van der Waals surface area contributed by atoms with Crippen molar-refractivity contribution in [2.75, 3.05) is 5.32 Å². The first-order valence-electron chi connectivity index (χ1n) is 6.48. The Balaban J connectivity index is 1.88. The van der Waals surface area contributed by atoms with Gasteiger partial charge in [-0.1, -0.05) is 6.07 Å². The van der Waals surface area contributed by atoms with Gasteiger partial charge in [0.1, 0.15) is 6.33 Å². The molecule has 3 aromatic rings. The van der Waals surface area contributed by atoms with Crippen molar-refractivity contribution in [1.29, 1.82) is 0 Å². The molecule has 1 unspecified atom stereocenters. The molecule has 0 spiro atoms. The Kier molecular flexibility index (Phi) is 4.03. The zero-order chi connectivity index (χ0) is 14.8. The highest BCUT2D eigenvalue weighted by Gasteiger charge is 2.12. The molecule has 7 heteroatoms. The summed E-state index contributed by atoms with van der Waals surface area (Å²) in [6.45, 7) is 4.24. The fourth-order valence-corrected chi connectivity index (χ4v) is 3.83. The number of anilines is 1. The molecule has 0 fully saturated rings. The Bertz CT molecular complexity index is 738. The number of nitrogens with zero attached hydrogens (tertiary/aromatic N) is 4. The molecule has 1 aromatic carbocycles. The van der Waals surface area contributed by atoms with Crippen molar-refractivity contribution in [1.82, 2.24) is 20.2 Å². The van der Waals surface area contributed by atoms with Crippen LogP contribution in [0.15, 0.2) is 40.4 Å². The summed E-state index contributed by atoms with van der Waals surface area (Å²) in [6.07, 6.45) is 1.59. The normalized spacial score (nSPS) is 12.3. The maximum Gasteiger partial charge on any atom is 0.143 e. The average Bonchev–Trinajstić information content (AvgIpc) is 3.12. The van der Waals surface area contributed by atoms with Gasteiger partial charge in [0, 0.05) is 15.0 Å². The zero-order valence-electron chi connectivity index (χ0n) is 11.6. The standard InChI is InChI=1S/C14H14BrN5S/c1-9-3-4-11(20-8-16-18-19-20)7-13(9)17-10(2)14-12(15)5-6-21-14/h3-8,10,17H,1-2H3. The van der Waals surface area contributed by atoms with Crippen molar-refractivity contribution in [2.24, 2.45) is 0 Å². The average molecular weight is 364 g/mol. The highest BCUT2D eigenvalue weighted by atomic mass is 79.9. The minimum atomic E-state index is 0.224. The van der Waals surface area contributed by atoms with Crippen molar-refractivity contribution < 1.29 is 0 Å². The lowest BCUT2D eigenvalue weighted by Gasteiger charge is -2.17. The van der Waals surface area contributed by atoms with E-state index in [4.69, 9.17) is 0 Å². The fourth-order valence-electron chi connectivity index (χ4n) is 2.10. The highest BCUT2D eigenvalue weighted by Crippen LogP contribution is 2.32. The Morgan fingerprint density at radius 3 is 2.86 bits per heavy atom. The third-order valence-electron chi connectivity index (χ3n) is 3.24. The van der Waals surface area contributed by atoms with Crippen molar-refractivity contribution in [3.63, 3.8) is 0 Å². The van der Waals surface area contributed by atoms with E-state index in [9.17, 15) is 0 Å². The molecule has 2 aromatic heterocycles. The second-order valence-corrected chi connectivity index (χ2v) is 6.55. The van der Waals surface area contributed by atoms with E-state index >= 15 is 0 Å². The van der Waals surface area contributed by atoms with E-state index in [0.717, 1.165) is 15.8 Å². The van der Waals surface area contributed by atoms with E-state index in [1.807, 2.05) is 6.07 Å². The maximum absolute atomic E-state index is 3.92. The van der Waals surface area contributed by atoms with Gasteiger partial charge in [-0.15, -0.1) is 16.4 Å². The van der Waals surface area contributed by atoms with Gasteiger partial charge in [-0.05, 0) is 69.3 Å². The largest absolute Gasteiger partial charge is 0.377 e. The minimum Gasteiger partial charge on any atom is -0.377 e. The van der Waals surface area contributed by atoms with Crippen LogP contribution in [0.4, 0.5) is 5.69 Å². The topological polar surface area (TPSA) is 55.6 Å². The molecule has 0 radical (unpaired) electrons. The van der Waals surface area contributed by atoms with Crippen molar-refractivity contribution in [3.8, 4) is 5.69 Å². The van der Waals surface area contributed by atoms with Crippen LogP contribution in [0.2, 0.25) is 0 Å². The fraction of sp³-hybridized carbons (Fsp3) is 0.214. The first-order valence-corrected chi connectivity index (χ1v) is 8.16. The lowest BCUT2D eigenvalue weighted by Crippen LogP contribution is -2.07. The van der Waals surface area contributed by atoms with Gasteiger partial charge in [-0.25, -0.2) is 4.68 Å². The Hall–Kier alpha value is -1.73. The molecule has 0 amide bonds. The molecular weight excluding hydrogens is 350 g/mol. The Labute approximate surface area is 135 Å². The molecule has 0 aliphatic carbocycles. The molecule has 3 rings (SSSR count). The van der Waals surface area contributed by atoms with Crippen molar-refractivity contribution in [2.45, 2.75) is 19.9 Å². The van der Waals surface area contributed by atoms with E-state index in [0.29, 0.717) is 0 Å². The first kappa shape index (κ1) is 14.2. The monoisotopic (exact) mass is 363 g/mol. The zero-order valence-corrected chi connectivity index (χ0v) is 14.0. The highest BCUT2D eigenvalue weighted by molar-refractivity contribution is 9.10. The van der Waals surface area contributed by atoms with E-state index in [1.165, 1.54) is 10.4 Å². The van der Waals surface area contributed by atoms with Crippen LogP contribution in [0.3, 0.4) is 0 Å². The second kappa shape index (κ2) is 5.95. The predicted molar refractivity (Wildman–Crippen MR) is 87.9 cm³/mol. The summed E-state index contributed by atoms with van der Waals surface area (Å²) >= 11 is 5.32.